The van der Waals surface area contributed by atoms with Crippen molar-refractivity contribution in [2.24, 2.45) is 5.41 Å². The number of ketones is 1. The molecule has 1 aliphatic rings. The summed E-state index contributed by atoms with van der Waals surface area (Å²) in [4.78, 5) is 17.2. The van der Waals surface area contributed by atoms with Crippen LogP contribution in [0.4, 0.5) is 0 Å². The molecule has 128 valence electrons. The Hall–Kier alpha value is -2.69. The Kier molecular flexibility index (Phi) is 3.42. The molecule has 1 aromatic carbocycles. The van der Waals surface area contributed by atoms with Crippen LogP contribution in [0.2, 0.25) is 0 Å². The van der Waals surface area contributed by atoms with Crippen molar-refractivity contribution in [1.82, 2.24) is 14.6 Å². The first-order chi connectivity index (χ1) is 11.9. The lowest BCUT2D eigenvalue weighted by molar-refractivity contribution is 0.0907. The highest BCUT2D eigenvalue weighted by Crippen LogP contribution is 2.36. The maximum Gasteiger partial charge on any atom is 0.167 e. The van der Waals surface area contributed by atoms with Crippen LogP contribution < -0.4 is 4.74 Å². The molecule has 4 rings (SSSR count). The van der Waals surface area contributed by atoms with Crippen molar-refractivity contribution in [2.45, 2.75) is 33.6 Å². The van der Waals surface area contributed by atoms with Crippen molar-refractivity contribution in [1.29, 1.82) is 0 Å². The van der Waals surface area contributed by atoms with Gasteiger partial charge in [-0.05, 0) is 43.0 Å². The molecule has 0 atom stereocenters. The highest BCUT2D eigenvalue weighted by molar-refractivity contribution is 5.99. The number of methoxy groups -OCH3 is 1. The Morgan fingerprint density at radius 1 is 1.16 bits per heavy atom. The lowest BCUT2D eigenvalue weighted by atomic mass is 9.75. The summed E-state index contributed by atoms with van der Waals surface area (Å²) in [5.74, 6) is 0.978. The molecule has 0 amide bonds. The van der Waals surface area contributed by atoms with Gasteiger partial charge in [-0.2, -0.15) is 5.10 Å². The second kappa shape index (κ2) is 5.41. The molecule has 0 spiro atoms. The summed E-state index contributed by atoms with van der Waals surface area (Å²) in [5.41, 5.74) is 5.09. The molecular formula is C20H21N3O2. The molecular weight excluding hydrogens is 314 g/mol. The van der Waals surface area contributed by atoms with Gasteiger partial charge in [0.25, 0.3) is 0 Å². The molecule has 5 nitrogen and oxygen atoms in total. The third-order valence-electron chi connectivity index (χ3n) is 4.83. The highest BCUT2D eigenvalue weighted by atomic mass is 16.5. The molecule has 0 saturated carbocycles. The van der Waals surface area contributed by atoms with Crippen molar-refractivity contribution < 1.29 is 9.53 Å². The van der Waals surface area contributed by atoms with Crippen LogP contribution in [0.1, 0.15) is 42.0 Å². The number of hydrogen-bond acceptors (Lipinski definition) is 4. The van der Waals surface area contributed by atoms with E-state index in [1.807, 2.05) is 41.8 Å². The lowest BCUT2D eigenvalue weighted by Gasteiger charge is -2.30. The van der Waals surface area contributed by atoms with E-state index in [1.54, 1.807) is 7.11 Å². The Morgan fingerprint density at radius 3 is 2.56 bits per heavy atom. The molecule has 0 aliphatic heterocycles. The molecule has 0 saturated heterocycles. The van der Waals surface area contributed by atoms with Gasteiger partial charge in [0.15, 0.2) is 11.4 Å². The zero-order valence-electron chi connectivity index (χ0n) is 15.0. The second-order valence-corrected chi connectivity index (χ2v) is 7.49. The number of carbonyl (C=O) groups excluding carboxylic acids is 1. The summed E-state index contributed by atoms with van der Waals surface area (Å²) >= 11 is 0. The molecule has 0 radical (unpaired) electrons. The van der Waals surface area contributed by atoms with Crippen molar-refractivity contribution in [3.63, 3.8) is 0 Å². The number of benzene rings is 1. The van der Waals surface area contributed by atoms with Gasteiger partial charge < -0.3 is 4.74 Å². The Labute approximate surface area is 146 Å². The predicted molar refractivity (Wildman–Crippen MR) is 96.1 cm³/mol. The van der Waals surface area contributed by atoms with E-state index in [-0.39, 0.29) is 11.2 Å². The standard InChI is InChI=1S/C20H21N3O2/c1-12-19-16(10-20(2,3)11-17(19)24)23-18(21-12)9-15(22-23)13-5-7-14(25-4)8-6-13/h5-9H,10-11H2,1-4H3. The molecule has 0 bridgehead atoms. The summed E-state index contributed by atoms with van der Waals surface area (Å²) in [5, 5.41) is 4.75. The summed E-state index contributed by atoms with van der Waals surface area (Å²) < 4.78 is 7.06. The third kappa shape index (κ3) is 2.60. The first kappa shape index (κ1) is 15.8. The fraction of sp³-hybridized carbons (Fsp3) is 0.350. The van der Waals surface area contributed by atoms with Crippen LogP contribution in [0, 0.1) is 12.3 Å². The van der Waals surface area contributed by atoms with Crippen molar-refractivity contribution in [2.75, 3.05) is 7.11 Å². The normalized spacial score (nSPS) is 16.1. The number of aryl methyl sites for hydroxylation is 1. The summed E-state index contributed by atoms with van der Waals surface area (Å²) in [6, 6.07) is 9.77. The van der Waals surface area contributed by atoms with Gasteiger partial charge in [-0.3, -0.25) is 4.79 Å². The zero-order valence-corrected chi connectivity index (χ0v) is 15.0. The fourth-order valence-corrected chi connectivity index (χ4v) is 3.66. The fourth-order valence-electron chi connectivity index (χ4n) is 3.66. The first-order valence-corrected chi connectivity index (χ1v) is 8.45. The van der Waals surface area contributed by atoms with Gasteiger partial charge in [0.05, 0.1) is 29.8 Å². The average Bonchev–Trinajstić information content (AvgIpc) is 2.97. The molecule has 0 unspecified atom stereocenters. The number of nitrogens with zero attached hydrogens (tertiary/aromatic N) is 3. The highest BCUT2D eigenvalue weighted by Gasteiger charge is 2.34. The van der Waals surface area contributed by atoms with Crippen LogP contribution in [0.5, 0.6) is 5.75 Å². The van der Waals surface area contributed by atoms with E-state index in [0.29, 0.717) is 6.42 Å². The van der Waals surface area contributed by atoms with E-state index >= 15 is 0 Å². The van der Waals surface area contributed by atoms with Crippen LogP contribution in [0.15, 0.2) is 30.3 Å². The van der Waals surface area contributed by atoms with Gasteiger partial charge in [-0.1, -0.05) is 13.8 Å². The Morgan fingerprint density at radius 2 is 1.88 bits per heavy atom. The van der Waals surface area contributed by atoms with E-state index in [9.17, 15) is 4.79 Å². The van der Waals surface area contributed by atoms with Crippen LogP contribution in [-0.2, 0) is 6.42 Å². The molecule has 2 aromatic heterocycles. The molecule has 1 aliphatic carbocycles. The first-order valence-electron chi connectivity index (χ1n) is 8.45. The van der Waals surface area contributed by atoms with E-state index in [0.717, 1.165) is 46.0 Å². The van der Waals surface area contributed by atoms with E-state index < -0.39 is 0 Å². The second-order valence-electron chi connectivity index (χ2n) is 7.49. The van der Waals surface area contributed by atoms with Crippen LogP contribution >= 0.6 is 0 Å². The van der Waals surface area contributed by atoms with E-state index in [4.69, 9.17) is 9.84 Å². The Bertz CT molecular complexity index is 984. The maximum absolute atomic E-state index is 12.6. The number of rotatable bonds is 2. The van der Waals surface area contributed by atoms with Crippen molar-refractivity contribution in [3.05, 3.63) is 47.3 Å². The Balaban J connectivity index is 1.90. The van der Waals surface area contributed by atoms with Gasteiger partial charge >= 0.3 is 0 Å². The minimum atomic E-state index is -0.0585. The SMILES string of the molecule is COc1ccc(-c2cc3nc(C)c4c(n3n2)CC(C)(C)CC4=O)cc1. The minimum absolute atomic E-state index is 0.0585. The van der Waals surface area contributed by atoms with Gasteiger partial charge in [0.1, 0.15) is 5.75 Å². The molecule has 0 fully saturated rings. The van der Waals surface area contributed by atoms with Crippen LogP contribution in [-0.4, -0.2) is 27.5 Å². The number of ether oxygens (including phenoxy) is 1. The number of aromatic nitrogens is 3. The van der Waals surface area contributed by atoms with Gasteiger partial charge in [-0.15, -0.1) is 0 Å². The minimum Gasteiger partial charge on any atom is -0.497 e. The van der Waals surface area contributed by atoms with E-state index in [1.165, 1.54) is 0 Å². The smallest absolute Gasteiger partial charge is 0.167 e. The molecule has 0 N–H and O–H groups in total. The van der Waals surface area contributed by atoms with Crippen molar-refractivity contribution >= 4 is 11.4 Å². The summed E-state index contributed by atoms with van der Waals surface area (Å²) in [6.45, 7) is 6.17. The molecule has 3 aromatic rings. The summed E-state index contributed by atoms with van der Waals surface area (Å²) in [7, 11) is 1.65. The van der Waals surface area contributed by atoms with E-state index in [2.05, 4.69) is 18.8 Å². The van der Waals surface area contributed by atoms with Crippen molar-refractivity contribution in [3.8, 4) is 17.0 Å². The zero-order chi connectivity index (χ0) is 17.8. The monoisotopic (exact) mass is 335 g/mol. The third-order valence-corrected chi connectivity index (χ3v) is 4.83. The molecule has 25 heavy (non-hydrogen) atoms. The predicted octanol–water partition coefficient (Wildman–Crippen LogP) is 3.87. The largest absolute Gasteiger partial charge is 0.497 e. The van der Waals surface area contributed by atoms with Gasteiger partial charge in [0.2, 0.25) is 0 Å². The maximum atomic E-state index is 12.6. The topological polar surface area (TPSA) is 56.5 Å². The van der Waals surface area contributed by atoms with Gasteiger partial charge in [-0.25, -0.2) is 9.50 Å². The quantitative estimate of drug-likeness (QED) is 0.713. The number of Topliss-reactive ketones (excluding diaryl/α,β-unsaturated/α-hetero) is 1. The van der Waals surface area contributed by atoms with Gasteiger partial charge in [0, 0.05) is 18.1 Å². The molecule has 5 heteroatoms. The molecule has 2 heterocycles. The van der Waals surface area contributed by atoms with Crippen LogP contribution in [0.25, 0.3) is 16.9 Å². The van der Waals surface area contributed by atoms with Crippen LogP contribution in [0.3, 0.4) is 0 Å². The number of carbonyl (C=O) groups is 1. The average molecular weight is 335 g/mol. The lowest BCUT2D eigenvalue weighted by Crippen LogP contribution is -2.30. The number of fused-ring (bicyclic) bond motifs is 3. The number of hydrogen-bond donors (Lipinski definition) is 0. The summed E-state index contributed by atoms with van der Waals surface area (Å²) in [6.07, 6.45) is 1.37.